The number of hydrogen-bond acceptors (Lipinski definition) is 6. The maximum Gasteiger partial charge on any atom is 0.185 e. The van der Waals surface area contributed by atoms with Gasteiger partial charge in [-0.25, -0.2) is 17.5 Å². The van der Waals surface area contributed by atoms with Crippen LogP contribution in [0, 0.1) is 40.4 Å². The molecule has 4 saturated carbocycles. The van der Waals surface area contributed by atoms with Gasteiger partial charge in [-0.05, 0) is 81.9 Å². The van der Waals surface area contributed by atoms with Crippen LogP contribution < -0.4 is 4.74 Å². The molecule has 4 aliphatic rings. The van der Waals surface area contributed by atoms with Crippen molar-refractivity contribution in [3.05, 3.63) is 42.5 Å². The van der Waals surface area contributed by atoms with Crippen molar-refractivity contribution in [2.45, 2.75) is 62.3 Å². The zero-order valence-electron chi connectivity index (χ0n) is 20.1. The number of benzene rings is 1. The molecule has 2 aromatic rings. The third-order valence-corrected chi connectivity index (χ3v) is 10.3. The van der Waals surface area contributed by atoms with Gasteiger partial charge in [-0.3, -0.25) is 10.3 Å². The zero-order valence-corrected chi connectivity index (χ0v) is 20.9. The van der Waals surface area contributed by atoms with E-state index in [9.17, 15) is 18.1 Å². The molecule has 2 unspecified atom stereocenters. The van der Waals surface area contributed by atoms with Crippen molar-refractivity contribution in [1.29, 1.82) is 10.7 Å². The molecule has 1 heterocycles. The Hall–Kier alpha value is -2.93. The Morgan fingerprint density at radius 2 is 2.00 bits per heavy atom. The molecule has 1 aromatic carbocycles. The van der Waals surface area contributed by atoms with E-state index < -0.39 is 26.0 Å². The summed E-state index contributed by atoms with van der Waals surface area (Å²) in [6.07, 6.45) is 10.4. The Balaban J connectivity index is 1.42. The SMILES string of the molecule is CC(C)(Oc1ccc(F)cc1-n1cccn1)C(=N)N(C#N)C1C2CC3CC1CC(S(C)(=O)=O)(C3)C2. The molecule has 0 aliphatic heterocycles. The first-order chi connectivity index (χ1) is 16.4. The number of hydrogen-bond donors (Lipinski definition) is 1. The van der Waals surface area contributed by atoms with E-state index >= 15 is 0 Å². The van der Waals surface area contributed by atoms with Gasteiger partial charge in [-0.2, -0.15) is 10.4 Å². The highest BCUT2D eigenvalue weighted by Crippen LogP contribution is 2.59. The highest BCUT2D eigenvalue weighted by Gasteiger charge is 2.61. The average Bonchev–Trinajstić information content (AvgIpc) is 3.30. The molecule has 0 radical (unpaired) electrons. The fourth-order valence-electron chi connectivity index (χ4n) is 6.84. The van der Waals surface area contributed by atoms with Crippen molar-refractivity contribution in [3.63, 3.8) is 0 Å². The third-order valence-electron chi connectivity index (χ3n) is 8.21. The highest BCUT2D eigenvalue weighted by atomic mass is 32.2. The summed E-state index contributed by atoms with van der Waals surface area (Å²) < 4.78 is 46.4. The second-order valence-electron chi connectivity index (χ2n) is 10.9. The minimum Gasteiger partial charge on any atom is -0.478 e. The first-order valence-electron chi connectivity index (χ1n) is 11.9. The second kappa shape index (κ2) is 8.05. The van der Waals surface area contributed by atoms with Gasteiger partial charge in [-0.15, -0.1) is 0 Å². The minimum atomic E-state index is -3.22. The van der Waals surface area contributed by atoms with Crippen molar-refractivity contribution in [2.24, 2.45) is 17.8 Å². The lowest BCUT2D eigenvalue weighted by molar-refractivity contribution is -0.0242. The summed E-state index contributed by atoms with van der Waals surface area (Å²) in [5.41, 5.74) is -0.817. The minimum absolute atomic E-state index is 0.00150. The number of halogens is 1. The van der Waals surface area contributed by atoms with Crippen molar-refractivity contribution in [3.8, 4) is 17.6 Å². The van der Waals surface area contributed by atoms with E-state index in [1.807, 2.05) is 0 Å². The monoisotopic (exact) mass is 499 g/mol. The Morgan fingerprint density at radius 3 is 2.57 bits per heavy atom. The van der Waals surface area contributed by atoms with Crippen LogP contribution in [0.4, 0.5) is 4.39 Å². The van der Waals surface area contributed by atoms with Crippen LogP contribution in [0.2, 0.25) is 0 Å². The maximum absolute atomic E-state index is 14.0. The summed E-state index contributed by atoms with van der Waals surface area (Å²) in [4.78, 5) is 1.44. The summed E-state index contributed by atoms with van der Waals surface area (Å²) in [6, 6.07) is 5.59. The van der Waals surface area contributed by atoms with Crippen LogP contribution in [-0.4, -0.2) is 51.6 Å². The van der Waals surface area contributed by atoms with Gasteiger partial charge in [-0.1, -0.05) is 0 Å². The molecule has 8 nitrogen and oxygen atoms in total. The fourth-order valence-corrected chi connectivity index (χ4v) is 8.42. The molecule has 1 N–H and O–H groups in total. The summed E-state index contributed by atoms with van der Waals surface area (Å²) in [6.45, 7) is 3.42. The van der Waals surface area contributed by atoms with Gasteiger partial charge in [0.25, 0.3) is 0 Å². The van der Waals surface area contributed by atoms with Crippen LogP contribution in [0.15, 0.2) is 36.7 Å². The number of sulfone groups is 1. The van der Waals surface area contributed by atoms with Crippen LogP contribution in [0.5, 0.6) is 5.75 Å². The van der Waals surface area contributed by atoms with E-state index in [0.29, 0.717) is 36.6 Å². The molecule has 10 heteroatoms. The van der Waals surface area contributed by atoms with Gasteiger partial charge >= 0.3 is 0 Å². The van der Waals surface area contributed by atoms with E-state index in [-0.39, 0.29) is 23.7 Å². The van der Waals surface area contributed by atoms with Crippen molar-refractivity contribution >= 4 is 15.7 Å². The van der Waals surface area contributed by atoms with Gasteiger partial charge in [0.1, 0.15) is 17.3 Å². The molecule has 35 heavy (non-hydrogen) atoms. The lowest BCUT2D eigenvalue weighted by Gasteiger charge is -2.60. The summed E-state index contributed by atoms with van der Waals surface area (Å²) in [7, 11) is -3.22. The summed E-state index contributed by atoms with van der Waals surface area (Å²) in [5, 5.41) is 23.3. The molecule has 1 aromatic heterocycles. The van der Waals surface area contributed by atoms with Gasteiger partial charge in [0.15, 0.2) is 27.5 Å². The number of aromatic nitrogens is 2. The van der Waals surface area contributed by atoms with E-state index in [0.717, 1.165) is 12.8 Å². The third kappa shape index (κ3) is 3.90. The topological polar surface area (TPSA) is 112 Å². The van der Waals surface area contributed by atoms with Gasteiger partial charge in [0.2, 0.25) is 0 Å². The Labute approximate surface area is 205 Å². The molecule has 186 valence electrons. The van der Waals surface area contributed by atoms with Gasteiger partial charge < -0.3 is 4.74 Å². The molecule has 2 atom stereocenters. The molecule has 4 bridgehead atoms. The number of nitrogens with zero attached hydrogens (tertiary/aromatic N) is 4. The van der Waals surface area contributed by atoms with E-state index in [1.54, 1.807) is 32.3 Å². The quantitative estimate of drug-likeness (QED) is 0.279. The number of rotatable bonds is 6. The molecule has 0 spiro atoms. The molecule has 4 fully saturated rings. The average molecular weight is 500 g/mol. The number of ether oxygens (including phenoxy) is 1. The predicted molar refractivity (Wildman–Crippen MR) is 128 cm³/mol. The maximum atomic E-state index is 14.0. The first kappa shape index (κ1) is 23.8. The second-order valence-corrected chi connectivity index (χ2v) is 13.3. The number of amidine groups is 1. The lowest BCUT2D eigenvalue weighted by atomic mass is 9.53. The van der Waals surface area contributed by atoms with E-state index in [2.05, 4.69) is 11.3 Å². The van der Waals surface area contributed by atoms with E-state index in [1.165, 1.54) is 34.0 Å². The fraction of sp³-hybridized carbons (Fsp3) is 0.560. The first-order valence-corrected chi connectivity index (χ1v) is 13.8. The summed E-state index contributed by atoms with van der Waals surface area (Å²) in [5.74, 6) is 0.330. The Kier molecular flexibility index (Phi) is 5.47. The largest absolute Gasteiger partial charge is 0.478 e. The van der Waals surface area contributed by atoms with Gasteiger partial charge in [0.05, 0.1) is 10.8 Å². The smallest absolute Gasteiger partial charge is 0.185 e. The van der Waals surface area contributed by atoms with Crippen molar-refractivity contribution in [2.75, 3.05) is 6.26 Å². The predicted octanol–water partition coefficient (Wildman–Crippen LogP) is 3.92. The molecule has 0 saturated heterocycles. The molecular formula is C25H30FN5O3S. The van der Waals surface area contributed by atoms with Crippen LogP contribution >= 0.6 is 0 Å². The van der Waals surface area contributed by atoms with Crippen LogP contribution in [0.3, 0.4) is 0 Å². The van der Waals surface area contributed by atoms with Crippen LogP contribution in [-0.2, 0) is 9.84 Å². The highest BCUT2D eigenvalue weighted by molar-refractivity contribution is 7.92. The molecule has 0 amide bonds. The number of nitrogens with one attached hydrogen (secondary N) is 1. The van der Waals surface area contributed by atoms with Crippen molar-refractivity contribution < 1.29 is 17.5 Å². The van der Waals surface area contributed by atoms with Crippen LogP contribution in [0.25, 0.3) is 5.69 Å². The Morgan fingerprint density at radius 1 is 1.31 bits per heavy atom. The lowest BCUT2D eigenvalue weighted by Crippen LogP contribution is -2.65. The van der Waals surface area contributed by atoms with Crippen LogP contribution in [0.1, 0.15) is 46.0 Å². The molecular weight excluding hydrogens is 469 g/mol. The molecule has 6 rings (SSSR count). The zero-order chi connectivity index (χ0) is 25.2. The van der Waals surface area contributed by atoms with E-state index in [4.69, 9.17) is 10.1 Å². The molecule has 4 aliphatic carbocycles. The normalized spacial score (nSPS) is 29.6. The summed E-state index contributed by atoms with van der Waals surface area (Å²) >= 11 is 0. The van der Waals surface area contributed by atoms with Gasteiger partial charge in [0, 0.05) is 24.7 Å². The van der Waals surface area contributed by atoms with Crippen molar-refractivity contribution in [1.82, 2.24) is 14.7 Å². The standard InChI is InChI=1S/C25H30FN5O3S/c1-24(2,34-21-6-5-19(26)11-20(21)31-8-4-7-29-31)23(28)30(15-27)22-17-9-16-10-18(22)14-25(12-16,13-17)35(3,32)33/h4-8,11,16-18,22,28H,9-10,12-14H2,1-3H3. The number of nitriles is 1. The Bertz CT molecular complexity index is 1280.